The highest BCUT2D eigenvalue weighted by Crippen LogP contribution is 2.14. The van der Waals surface area contributed by atoms with E-state index in [1.54, 1.807) is 14.0 Å². The lowest BCUT2D eigenvalue weighted by atomic mass is 10.4. The Balaban J connectivity index is 2.76. The Kier molecular flexibility index (Phi) is 5.31. The van der Waals surface area contributed by atoms with E-state index in [0.29, 0.717) is 19.0 Å². The first-order valence-corrected chi connectivity index (χ1v) is 5.67. The normalized spacial score (nSPS) is 10.3. The Hall–Kier alpha value is -2.09. The molecule has 0 atom stereocenters. The van der Waals surface area contributed by atoms with Gasteiger partial charge in [0.15, 0.2) is 5.69 Å². The fraction of sp³-hybridized carbons (Fsp3) is 0.545. The number of hydrogen-bond acceptors (Lipinski definition) is 6. The topological polar surface area (TPSA) is 108 Å². The third kappa shape index (κ3) is 3.68. The summed E-state index contributed by atoms with van der Waals surface area (Å²) >= 11 is 0. The van der Waals surface area contributed by atoms with E-state index in [9.17, 15) is 9.59 Å². The van der Waals surface area contributed by atoms with Crippen LogP contribution in [0.15, 0.2) is 0 Å². The third-order valence-corrected chi connectivity index (χ3v) is 2.51. The van der Waals surface area contributed by atoms with Gasteiger partial charge in [0, 0.05) is 13.7 Å². The fourth-order valence-electron chi connectivity index (χ4n) is 1.52. The number of amides is 1. The van der Waals surface area contributed by atoms with Crippen LogP contribution in [0.1, 0.15) is 16.3 Å². The van der Waals surface area contributed by atoms with Crippen molar-refractivity contribution in [2.45, 2.75) is 13.5 Å². The number of hydrogen-bond donors (Lipinski definition) is 2. The molecule has 106 valence electrons. The zero-order valence-electron chi connectivity index (χ0n) is 11.2. The Morgan fingerprint density at radius 3 is 2.68 bits per heavy atom. The molecule has 1 amide bonds. The highest BCUT2D eigenvalue weighted by Gasteiger charge is 2.20. The molecule has 0 fully saturated rings. The predicted molar refractivity (Wildman–Crippen MR) is 67.6 cm³/mol. The molecule has 0 aromatic carbocycles. The Labute approximate surface area is 110 Å². The summed E-state index contributed by atoms with van der Waals surface area (Å²) in [7, 11) is 2.79. The zero-order valence-corrected chi connectivity index (χ0v) is 11.2. The van der Waals surface area contributed by atoms with Gasteiger partial charge < -0.3 is 25.1 Å². The number of anilines is 1. The summed E-state index contributed by atoms with van der Waals surface area (Å²) in [6.07, 6.45) is 0. The van der Waals surface area contributed by atoms with Gasteiger partial charge in [-0.3, -0.25) is 4.79 Å². The van der Waals surface area contributed by atoms with Crippen molar-refractivity contribution < 1.29 is 19.1 Å². The second-order valence-corrected chi connectivity index (χ2v) is 3.81. The summed E-state index contributed by atoms with van der Waals surface area (Å²) in [5.41, 5.74) is 5.80. The van der Waals surface area contributed by atoms with E-state index in [1.807, 2.05) is 0 Å². The molecule has 0 unspecified atom stereocenters. The number of imidazole rings is 1. The van der Waals surface area contributed by atoms with Crippen molar-refractivity contribution in [2.75, 3.05) is 33.1 Å². The first-order chi connectivity index (χ1) is 9.01. The van der Waals surface area contributed by atoms with Gasteiger partial charge in [-0.2, -0.15) is 0 Å². The van der Waals surface area contributed by atoms with Crippen molar-refractivity contribution in [3.8, 4) is 0 Å². The highest BCUT2D eigenvalue weighted by molar-refractivity contribution is 5.92. The second-order valence-electron chi connectivity index (χ2n) is 3.81. The monoisotopic (exact) mass is 270 g/mol. The molecule has 0 bridgehead atoms. The quantitative estimate of drug-likeness (QED) is 0.524. The summed E-state index contributed by atoms with van der Waals surface area (Å²) in [6.45, 7) is 2.49. The molecule has 0 spiro atoms. The number of methoxy groups -OCH3 is 2. The Bertz CT molecular complexity index is 470. The minimum Gasteiger partial charge on any atom is -0.464 e. The van der Waals surface area contributed by atoms with Crippen LogP contribution in [0.4, 0.5) is 5.82 Å². The van der Waals surface area contributed by atoms with Crippen LogP contribution < -0.4 is 11.1 Å². The number of aryl methyl sites for hydroxylation is 1. The number of nitrogen functional groups attached to an aromatic ring is 1. The van der Waals surface area contributed by atoms with Gasteiger partial charge in [0.2, 0.25) is 5.91 Å². The van der Waals surface area contributed by atoms with Gasteiger partial charge in [-0.25, -0.2) is 9.78 Å². The molecule has 19 heavy (non-hydrogen) atoms. The molecule has 8 nitrogen and oxygen atoms in total. The van der Waals surface area contributed by atoms with Crippen LogP contribution in [0.2, 0.25) is 0 Å². The maximum Gasteiger partial charge on any atom is 0.360 e. The van der Waals surface area contributed by atoms with E-state index in [4.69, 9.17) is 10.5 Å². The van der Waals surface area contributed by atoms with Gasteiger partial charge >= 0.3 is 5.97 Å². The summed E-state index contributed by atoms with van der Waals surface area (Å²) in [6, 6.07) is 0. The molecule has 1 aromatic rings. The van der Waals surface area contributed by atoms with Gasteiger partial charge in [0.25, 0.3) is 0 Å². The standard InChI is InChI=1S/C11H18N4O4/c1-7-14-9(11(17)19-3)10(12)15(7)6-8(16)13-4-5-18-2/h4-6,12H2,1-3H3,(H,13,16). The first kappa shape index (κ1) is 15.0. The lowest BCUT2D eigenvalue weighted by Crippen LogP contribution is -2.31. The molecule has 3 N–H and O–H groups in total. The minimum absolute atomic E-state index is 0.00856. The predicted octanol–water partition coefficient (Wildman–Crippen LogP) is -0.677. The van der Waals surface area contributed by atoms with E-state index < -0.39 is 5.97 Å². The molecule has 0 radical (unpaired) electrons. The molecular formula is C11H18N4O4. The van der Waals surface area contributed by atoms with Gasteiger partial charge in [-0.15, -0.1) is 0 Å². The van der Waals surface area contributed by atoms with E-state index in [-0.39, 0.29) is 24.0 Å². The number of carbonyl (C=O) groups is 2. The number of aromatic nitrogens is 2. The number of nitrogens with one attached hydrogen (secondary N) is 1. The lowest BCUT2D eigenvalue weighted by molar-refractivity contribution is -0.121. The lowest BCUT2D eigenvalue weighted by Gasteiger charge is -2.08. The maximum atomic E-state index is 11.7. The van der Waals surface area contributed by atoms with E-state index >= 15 is 0 Å². The number of esters is 1. The van der Waals surface area contributed by atoms with E-state index in [1.165, 1.54) is 11.7 Å². The molecule has 1 aromatic heterocycles. The van der Waals surface area contributed by atoms with Crippen LogP contribution in [0, 0.1) is 6.92 Å². The first-order valence-electron chi connectivity index (χ1n) is 5.67. The van der Waals surface area contributed by atoms with Crippen LogP contribution in [-0.2, 0) is 20.8 Å². The average molecular weight is 270 g/mol. The van der Waals surface area contributed by atoms with Crippen LogP contribution in [0.25, 0.3) is 0 Å². The van der Waals surface area contributed by atoms with Crippen molar-refractivity contribution in [1.82, 2.24) is 14.9 Å². The van der Waals surface area contributed by atoms with Gasteiger partial charge in [-0.1, -0.05) is 0 Å². The summed E-state index contributed by atoms with van der Waals surface area (Å²) in [5, 5.41) is 2.65. The number of carbonyl (C=O) groups excluding carboxylic acids is 2. The van der Waals surface area contributed by atoms with Crippen LogP contribution in [-0.4, -0.2) is 48.8 Å². The SMILES string of the molecule is COCCNC(=O)Cn1c(C)nc(C(=O)OC)c1N. The number of nitrogens with two attached hydrogens (primary N) is 1. The molecule has 0 aliphatic carbocycles. The number of rotatable bonds is 6. The largest absolute Gasteiger partial charge is 0.464 e. The highest BCUT2D eigenvalue weighted by atomic mass is 16.5. The minimum atomic E-state index is -0.626. The molecule has 8 heteroatoms. The molecule has 1 rings (SSSR count). The average Bonchev–Trinajstić information content (AvgIpc) is 2.66. The fourth-order valence-corrected chi connectivity index (χ4v) is 1.52. The second kappa shape index (κ2) is 6.74. The van der Waals surface area contributed by atoms with Crippen molar-refractivity contribution in [3.05, 3.63) is 11.5 Å². The molecule has 0 saturated heterocycles. The summed E-state index contributed by atoms with van der Waals surface area (Å²) in [5.74, 6) is -0.272. The molecular weight excluding hydrogens is 252 g/mol. The van der Waals surface area contributed by atoms with Crippen LogP contribution in [0.5, 0.6) is 0 Å². The smallest absolute Gasteiger partial charge is 0.360 e. The van der Waals surface area contributed by atoms with Crippen LogP contribution in [0.3, 0.4) is 0 Å². The number of ether oxygens (including phenoxy) is 2. The maximum absolute atomic E-state index is 11.7. The Morgan fingerprint density at radius 1 is 1.42 bits per heavy atom. The number of nitrogens with zero attached hydrogens (tertiary/aromatic N) is 2. The summed E-state index contributed by atoms with van der Waals surface area (Å²) in [4.78, 5) is 27.0. The van der Waals surface area contributed by atoms with Crippen LogP contribution >= 0.6 is 0 Å². The van der Waals surface area contributed by atoms with Crippen molar-refractivity contribution >= 4 is 17.7 Å². The van der Waals surface area contributed by atoms with E-state index in [2.05, 4.69) is 15.0 Å². The zero-order chi connectivity index (χ0) is 14.4. The molecule has 0 saturated carbocycles. The van der Waals surface area contributed by atoms with Crippen molar-refractivity contribution in [3.63, 3.8) is 0 Å². The van der Waals surface area contributed by atoms with Crippen molar-refractivity contribution in [1.29, 1.82) is 0 Å². The van der Waals surface area contributed by atoms with Gasteiger partial charge in [-0.05, 0) is 6.92 Å². The van der Waals surface area contributed by atoms with Gasteiger partial charge in [0.1, 0.15) is 18.2 Å². The van der Waals surface area contributed by atoms with Gasteiger partial charge in [0.05, 0.1) is 13.7 Å². The Morgan fingerprint density at radius 2 is 2.11 bits per heavy atom. The molecule has 0 aliphatic rings. The van der Waals surface area contributed by atoms with E-state index in [0.717, 1.165) is 0 Å². The molecule has 0 aliphatic heterocycles. The molecule has 1 heterocycles. The van der Waals surface area contributed by atoms with Crippen molar-refractivity contribution in [2.24, 2.45) is 0 Å². The summed E-state index contributed by atoms with van der Waals surface area (Å²) < 4.78 is 10.8. The third-order valence-electron chi connectivity index (χ3n) is 2.51.